The number of urea groups is 1. The van der Waals surface area contributed by atoms with Gasteiger partial charge in [0.1, 0.15) is 0 Å². The monoisotopic (exact) mass is 386 g/mol. The van der Waals surface area contributed by atoms with Crippen LogP contribution < -0.4 is 10.6 Å². The minimum Gasteiger partial charge on any atom is -0.342 e. The summed E-state index contributed by atoms with van der Waals surface area (Å²) in [5, 5.41) is 7.83. The number of nitrogens with one attached hydrogen (secondary N) is 2. The van der Waals surface area contributed by atoms with E-state index in [1.807, 2.05) is 41.5 Å². The first kappa shape index (κ1) is 19.4. The van der Waals surface area contributed by atoms with Crippen LogP contribution in [0, 0.1) is 18.8 Å². The molecule has 0 radical (unpaired) electrons. The van der Waals surface area contributed by atoms with Gasteiger partial charge in [0.15, 0.2) is 5.13 Å². The first-order chi connectivity index (χ1) is 12.9. The van der Waals surface area contributed by atoms with Crippen LogP contribution in [0.5, 0.6) is 0 Å². The van der Waals surface area contributed by atoms with Crippen LogP contribution in [0.4, 0.5) is 15.6 Å². The molecular weight excluding hydrogens is 360 g/mol. The number of aryl methyl sites for hydroxylation is 1. The number of rotatable bonds is 4. The number of benzene rings is 1. The number of nitrogens with zero attached hydrogens (tertiary/aromatic N) is 2. The van der Waals surface area contributed by atoms with Gasteiger partial charge in [0, 0.05) is 24.2 Å². The summed E-state index contributed by atoms with van der Waals surface area (Å²) in [5.74, 6) is 1.18. The number of aromatic nitrogens is 1. The summed E-state index contributed by atoms with van der Waals surface area (Å²) >= 11 is 1.33. The number of thiazole rings is 1. The van der Waals surface area contributed by atoms with E-state index in [9.17, 15) is 9.59 Å². The van der Waals surface area contributed by atoms with Crippen molar-refractivity contribution in [2.45, 2.75) is 33.6 Å². The normalized spacial score (nSPS) is 19.6. The van der Waals surface area contributed by atoms with Crippen LogP contribution in [0.15, 0.2) is 29.6 Å². The summed E-state index contributed by atoms with van der Waals surface area (Å²) in [6, 6.07) is 7.24. The second kappa shape index (κ2) is 8.52. The van der Waals surface area contributed by atoms with Gasteiger partial charge in [-0.1, -0.05) is 26.0 Å². The predicted octanol–water partition coefficient (Wildman–Crippen LogP) is 4.14. The van der Waals surface area contributed by atoms with Crippen molar-refractivity contribution in [1.82, 2.24) is 9.88 Å². The van der Waals surface area contributed by atoms with Crippen molar-refractivity contribution in [3.8, 4) is 0 Å². The van der Waals surface area contributed by atoms with E-state index >= 15 is 0 Å². The van der Waals surface area contributed by atoms with E-state index in [2.05, 4.69) is 29.5 Å². The summed E-state index contributed by atoms with van der Waals surface area (Å²) in [6.45, 7) is 7.98. The van der Waals surface area contributed by atoms with Crippen LogP contribution in [0.3, 0.4) is 0 Å². The van der Waals surface area contributed by atoms with E-state index in [4.69, 9.17) is 0 Å². The Morgan fingerprint density at radius 1 is 1.22 bits per heavy atom. The van der Waals surface area contributed by atoms with Gasteiger partial charge in [-0.2, -0.15) is 0 Å². The summed E-state index contributed by atoms with van der Waals surface area (Å²) in [6.07, 6.45) is 1.45. The van der Waals surface area contributed by atoms with E-state index in [1.54, 1.807) is 0 Å². The molecule has 2 heterocycles. The lowest BCUT2D eigenvalue weighted by Crippen LogP contribution is -2.43. The Balaban J connectivity index is 1.53. The molecule has 3 amide bonds. The number of piperidine rings is 1. The Labute approximate surface area is 164 Å². The molecule has 2 atom stereocenters. The fourth-order valence-electron chi connectivity index (χ4n) is 3.56. The van der Waals surface area contributed by atoms with Crippen LogP contribution in [0.2, 0.25) is 0 Å². The molecular formula is C20H26N4O2S. The molecule has 1 aliphatic rings. The molecule has 3 rings (SSSR count). The quantitative estimate of drug-likeness (QED) is 0.829. The smallest absolute Gasteiger partial charge is 0.325 e. The lowest BCUT2D eigenvalue weighted by Gasteiger charge is -2.35. The van der Waals surface area contributed by atoms with Gasteiger partial charge in [-0.25, -0.2) is 9.78 Å². The molecule has 0 spiro atoms. The number of carbonyl (C=O) groups excluding carboxylic acids is 2. The highest BCUT2D eigenvalue weighted by Crippen LogP contribution is 2.22. The number of anilines is 2. The fourth-order valence-corrected chi connectivity index (χ4v) is 4.27. The second-order valence-electron chi connectivity index (χ2n) is 7.51. The summed E-state index contributed by atoms with van der Waals surface area (Å²) in [4.78, 5) is 31.0. The molecule has 1 fully saturated rings. The van der Waals surface area contributed by atoms with E-state index in [0.717, 1.165) is 24.3 Å². The maximum absolute atomic E-state index is 12.6. The standard InChI is InChI=1S/C20H26N4O2S/c1-13-5-4-6-16(8-13)21-19(26)23-20-22-17(12-27-20)9-18(25)24-10-14(2)7-15(3)11-24/h4-6,8,12,14-15H,7,9-11H2,1-3H3,(H2,21,22,23,26). The van der Waals surface area contributed by atoms with E-state index in [1.165, 1.54) is 17.8 Å². The van der Waals surface area contributed by atoms with Crippen molar-refractivity contribution in [3.05, 3.63) is 40.9 Å². The summed E-state index contributed by atoms with van der Waals surface area (Å²) in [5.41, 5.74) is 2.50. The van der Waals surface area contributed by atoms with Crippen LogP contribution >= 0.6 is 11.3 Å². The lowest BCUT2D eigenvalue weighted by molar-refractivity contribution is -0.133. The van der Waals surface area contributed by atoms with Gasteiger partial charge in [-0.3, -0.25) is 10.1 Å². The first-order valence-electron chi connectivity index (χ1n) is 9.26. The van der Waals surface area contributed by atoms with Gasteiger partial charge in [0.05, 0.1) is 12.1 Å². The zero-order valence-electron chi connectivity index (χ0n) is 16.0. The van der Waals surface area contributed by atoms with Crippen LogP contribution in [0.25, 0.3) is 0 Å². The average molecular weight is 387 g/mol. The molecule has 0 saturated carbocycles. The molecule has 2 aromatic rings. The highest BCUT2D eigenvalue weighted by Gasteiger charge is 2.25. The number of hydrogen-bond acceptors (Lipinski definition) is 4. The van der Waals surface area contributed by atoms with Crippen LogP contribution in [0.1, 0.15) is 31.5 Å². The molecule has 7 heteroatoms. The van der Waals surface area contributed by atoms with Crippen molar-refractivity contribution >= 4 is 34.1 Å². The number of hydrogen-bond donors (Lipinski definition) is 2. The Morgan fingerprint density at radius 3 is 2.67 bits per heavy atom. The molecule has 2 N–H and O–H groups in total. The van der Waals surface area contributed by atoms with E-state index in [0.29, 0.717) is 22.7 Å². The Morgan fingerprint density at radius 2 is 1.96 bits per heavy atom. The first-order valence-corrected chi connectivity index (χ1v) is 10.1. The molecule has 0 aliphatic carbocycles. The maximum atomic E-state index is 12.6. The molecule has 27 heavy (non-hydrogen) atoms. The molecule has 0 bridgehead atoms. The molecule has 6 nitrogen and oxygen atoms in total. The van der Waals surface area contributed by atoms with Gasteiger partial charge in [-0.05, 0) is 42.9 Å². The zero-order valence-corrected chi connectivity index (χ0v) is 16.8. The maximum Gasteiger partial charge on any atom is 0.325 e. The molecule has 1 aromatic heterocycles. The van der Waals surface area contributed by atoms with Gasteiger partial charge >= 0.3 is 6.03 Å². The third kappa shape index (κ3) is 5.53. The fraction of sp³-hybridized carbons (Fsp3) is 0.450. The minimum absolute atomic E-state index is 0.106. The van der Waals surface area contributed by atoms with Crippen molar-refractivity contribution in [3.63, 3.8) is 0 Å². The highest BCUT2D eigenvalue weighted by atomic mass is 32.1. The van der Waals surface area contributed by atoms with E-state index < -0.39 is 0 Å². The van der Waals surface area contributed by atoms with E-state index in [-0.39, 0.29) is 18.4 Å². The average Bonchev–Trinajstić information content (AvgIpc) is 3.00. The number of amides is 3. The third-order valence-corrected chi connectivity index (χ3v) is 5.41. The van der Waals surface area contributed by atoms with Gasteiger partial charge < -0.3 is 10.2 Å². The van der Waals surface area contributed by atoms with Crippen molar-refractivity contribution in [1.29, 1.82) is 0 Å². The molecule has 1 aromatic carbocycles. The number of likely N-dealkylation sites (tertiary alicyclic amines) is 1. The van der Waals surface area contributed by atoms with Gasteiger partial charge in [0.25, 0.3) is 0 Å². The predicted molar refractivity (Wildman–Crippen MR) is 109 cm³/mol. The number of carbonyl (C=O) groups is 2. The van der Waals surface area contributed by atoms with Crippen molar-refractivity contribution < 1.29 is 9.59 Å². The molecule has 2 unspecified atom stereocenters. The molecule has 1 saturated heterocycles. The SMILES string of the molecule is Cc1cccc(NC(=O)Nc2nc(CC(=O)N3CC(C)CC(C)C3)cs2)c1. The largest absolute Gasteiger partial charge is 0.342 e. The van der Waals surface area contributed by atoms with Gasteiger partial charge in [0.2, 0.25) is 5.91 Å². The molecule has 144 valence electrons. The lowest BCUT2D eigenvalue weighted by atomic mass is 9.92. The Hall–Kier alpha value is -2.41. The third-order valence-electron chi connectivity index (χ3n) is 4.60. The topological polar surface area (TPSA) is 74.3 Å². The van der Waals surface area contributed by atoms with Crippen molar-refractivity contribution in [2.24, 2.45) is 11.8 Å². The summed E-state index contributed by atoms with van der Waals surface area (Å²) in [7, 11) is 0. The Kier molecular flexibility index (Phi) is 6.11. The zero-order chi connectivity index (χ0) is 19.4. The Bertz CT molecular complexity index is 810. The molecule has 1 aliphatic heterocycles. The van der Waals surface area contributed by atoms with Crippen LogP contribution in [-0.2, 0) is 11.2 Å². The van der Waals surface area contributed by atoms with Gasteiger partial charge in [-0.15, -0.1) is 11.3 Å². The second-order valence-corrected chi connectivity index (χ2v) is 8.37. The summed E-state index contributed by atoms with van der Waals surface area (Å²) < 4.78 is 0. The van der Waals surface area contributed by atoms with Crippen molar-refractivity contribution in [2.75, 3.05) is 23.7 Å². The minimum atomic E-state index is -0.341. The van der Waals surface area contributed by atoms with Crippen LogP contribution in [-0.4, -0.2) is 34.9 Å². The highest BCUT2D eigenvalue weighted by molar-refractivity contribution is 7.14.